The molecule has 2 aliphatic rings. The molecule has 118 valence electrons. The molecule has 0 aromatic rings. The van der Waals surface area contributed by atoms with Gasteiger partial charge in [0.1, 0.15) is 0 Å². The minimum atomic E-state index is 0.201. The predicted molar refractivity (Wildman–Crippen MR) is 84.8 cm³/mol. The zero-order valence-corrected chi connectivity index (χ0v) is 14.0. The third-order valence-corrected chi connectivity index (χ3v) is 5.91. The van der Waals surface area contributed by atoms with Crippen molar-refractivity contribution >= 4 is 0 Å². The Morgan fingerprint density at radius 3 is 2.60 bits per heavy atom. The van der Waals surface area contributed by atoms with Gasteiger partial charge in [0.05, 0.1) is 6.61 Å². The molecule has 0 bridgehead atoms. The van der Waals surface area contributed by atoms with Crippen LogP contribution in [0.5, 0.6) is 0 Å². The number of nitrogens with two attached hydrogens (primary N) is 1. The van der Waals surface area contributed by atoms with Crippen molar-refractivity contribution < 1.29 is 4.74 Å². The minimum absolute atomic E-state index is 0.201. The number of likely N-dealkylation sites (N-methyl/N-ethyl adjacent to an activating group) is 1. The Morgan fingerprint density at radius 2 is 2.05 bits per heavy atom. The van der Waals surface area contributed by atoms with Gasteiger partial charge in [-0.2, -0.15) is 0 Å². The van der Waals surface area contributed by atoms with Gasteiger partial charge in [-0.3, -0.25) is 4.90 Å². The molecule has 2 rings (SSSR count). The fraction of sp³-hybridized carbons (Fsp3) is 1.00. The molecule has 0 aromatic heterocycles. The number of hydrogen-bond acceptors (Lipinski definition) is 3. The third kappa shape index (κ3) is 3.37. The maximum Gasteiger partial charge on any atom is 0.0506 e. The number of rotatable bonds is 4. The van der Waals surface area contributed by atoms with Gasteiger partial charge in [-0.25, -0.2) is 0 Å². The molecule has 2 N–H and O–H groups in total. The molecular weight excluding hydrogens is 248 g/mol. The molecule has 0 spiro atoms. The molecule has 0 amide bonds. The van der Waals surface area contributed by atoms with Gasteiger partial charge in [-0.05, 0) is 56.4 Å². The molecule has 1 saturated carbocycles. The van der Waals surface area contributed by atoms with Crippen molar-refractivity contribution in [3.05, 3.63) is 0 Å². The number of hydrogen-bond donors (Lipinski definition) is 1. The van der Waals surface area contributed by atoms with Crippen LogP contribution in [0.1, 0.15) is 52.9 Å². The van der Waals surface area contributed by atoms with Crippen LogP contribution in [0.3, 0.4) is 0 Å². The zero-order chi connectivity index (χ0) is 14.8. The van der Waals surface area contributed by atoms with Crippen LogP contribution < -0.4 is 5.73 Å². The first-order valence-corrected chi connectivity index (χ1v) is 8.39. The summed E-state index contributed by atoms with van der Waals surface area (Å²) in [4.78, 5) is 2.58. The first-order valence-electron chi connectivity index (χ1n) is 8.39. The smallest absolute Gasteiger partial charge is 0.0506 e. The molecule has 1 aliphatic heterocycles. The Morgan fingerprint density at radius 1 is 1.30 bits per heavy atom. The van der Waals surface area contributed by atoms with E-state index in [0.717, 1.165) is 26.3 Å². The van der Waals surface area contributed by atoms with E-state index < -0.39 is 0 Å². The van der Waals surface area contributed by atoms with Crippen LogP contribution in [-0.4, -0.2) is 43.8 Å². The van der Waals surface area contributed by atoms with Crippen molar-refractivity contribution in [2.45, 2.75) is 58.4 Å². The highest BCUT2D eigenvalue weighted by Crippen LogP contribution is 2.46. The Balaban J connectivity index is 2.02. The summed E-state index contributed by atoms with van der Waals surface area (Å²) in [6.07, 6.45) is 6.35. The molecule has 1 heterocycles. The van der Waals surface area contributed by atoms with E-state index in [2.05, 4.69) is 32.7 Å². The second-order valence-corrected chi connectivity index (χ2v) is 8.04. The van der Waals surface area contributed by atoms with Crippen molar-refractivity contribution in [1.82, 2.24) is 4.90 Å². The van der Waals surface area contributed by atoms with Crippen molar-refractivity contribution in [1.29, 1.82) is 0 Å². The summed E-state index contributed by atoms with van der Waals surface area (Å²) < 4.78 is 5.64. The van der Waals surface area contributed by atoms with Gasteiger partial charge in [0.15, 0.2) is 0 Å². The Labute approximate surface area is 125 Å². The van der Waals surface area contributed by atoms with Crippen LogP contribution >= 0.6 is 0 Å². The minimum Gasteiger partial charge on any atom is -0.381 e. The van der Waals surface area contributed by atoms with Crippen molar-refractivity contribution in [2.24, 2.45) is 23.0 Å². The van der Waals surface area contributed by atoms with Crippen molar-refractivity contribution in [2.75, 3.05) is 33.4 Å². The standard InChI is InChI=1S/C17H34N2O/c1-14-10-16(2,3)7-8-17(14,13-18)19(4)11-15-6-5-9-20-12-15/h14-15H,5-13,18H2,1-4H3. The summed E-state index contributed by atoms with van der Waals surface area (Å²) >= 11 is 0. The van der Waals surface area contributed by atoms with Crippen LogP contribution in [0.2, 0.25) is 0 Å². The fourth-order valence-electron chi connectivity index (χ4n) is 4.47. The summed E-state index contributed by atoms with van der Waals surface area (Å²) in [7, 11) is 2.29. The average molecular weight is 282 g/mol. The largest absolute Gasteiger partial charge is 0.381 e. The van der Waals surface area contributed by atoms with E-state index in [4.69, 9.17) is 10.5 Å². The fourth-order valence-corrected chi connectivity index (χ4v) is 4.47. The molecule has 3 unspecified atom stereocenters. The monoisotopic (exact) mass is 282 g/mol. The molecular formula is C17H34N2O. The number of nitrogens with zero attached hydrogens (tertiary/aromatic N) is 1. The lowest BCUT2D eigenvalue weighted by atomic mass is 9.63. The highest BCUT2D eigenvalue weighted by Gasteiger charge is 2.45. The molecule has 1 aliphatic carbocycles. The molecule has 0 aromatic carbocycles. The summed E-state index contributed by atoms with van der Waals surface area (Å²) in [6, 6.07) is 0. The maximum absolute atomic E-state index is 6.25. The van der Waals surface area contributed by atoms with Crippen LogP contribution in [0.4, 0.5) is 0 Å². The SMILES string of the molecule is CC1CC(C)(C)CCC1(CN)N(C)CC1CCCOC1. The van der Waals surface area contributed by atoms with Gasteiger partial charge >= 0.3 is 0 Å². The highest BCUT2D eigenvalue weighted by atomic mass is 16.5. The molecule has 0 radical (unpaired) electrons. The Bertz CT molecular complexity index is 312. The van der Waals surface area contributed by atoms with E-state index in [1.54, 1.807) is 0 Å². The second-order valence-electron chi connectivity index (χ2n) is 8.04. The second kappa shape index (κ2) is 6.33. The average Bonchev–Trinajstić information content (AvgIpc) is 2.39. The first kappa shape index (κ1) is 16.3. The number of ether oxygens (including phenoxy) is 1. The summed E-state index contributed by atoms with van der Waals surface area (Å²) in [5.41, 5.74) is 6.93. The Hall–Kier alpha value is -0.120. The molecule has 3 heteroatoms. The van der Waals surface area contributed by atoms with Crippen LogP contribution in [0.15, 0.2) is 0 Å². The molecule has 3 nitrogen and oxygen atoms in total. The lowest BCUT2D eigenvalue weighted by molar-refractivity contribution is -0.0323. The van der Waals surface area contributed by atoms with Gasteiger partial charge in [0.2, 0.25) is 0 Å². The van der Waals surface area contributed by atoms with Crippen molar-refractivity contribution in [3.8, 4) is 0 Å². The van der Waals surface area contributed by atoms with E-state index in [1.165, 1.54) is 32.1 Å². The van der Waals surface area contributed by atoms with E-state index in [0.29, 0.717) is 17.3 Å². The topological polar surface area (TPSA) is 38.5 Å². The summed E-state index contributed by atoms with van der Waals surface area (Å²) in [5.74, 6) is 1.37. The van der Waals surface area contributed by atoms with Gasteiger partial charge in [0.25, 0.3) is 0 Å². The summed E-state index contributed by atoms with van der Waals surface area (Å²) in [6.45, 7) is 11.0. The molecule has 2 fully saturated rings. The molecule has 20 heavy (non-hydrogen) atoms. The predicted octanol–water partition coefficient (Wildman–Crippen LogP) is 2.89. The molecule has 1 saturated heterocycles. The van der Waals surface area contributed by atoms with E-state index in [-0.39, 0.29) is 5.54 Å². The van der Waals surface area contributed by atoms with Crippen LogP contribution in [-0.2, 0) is 4.74 Å². The Kier molecular flexibility index (Phi) is 5.14. The van der Waals surface area contributed by atoms with E-state index in [1.807, 2.05) is 0 Å². The lowest BCUT2D eigenvalue weighted by Crippen LogP contribution is -2.60. The normalized spacial score (nSPS) is 38.1. The quantitative estimate of drug-likeness (QED) is 0.861. The first-order chi connectivity index (χ1) is 9.39. The van der Waals surface area contributed by atoms with Gasteiger partial charge in [-0.15, -0.1) is 0 Å². The van der Waals surface area contributed by atoms with Gasteiger partial charge in [0, 0.05) is 25.2 Å². The molecule has 3 atom stereocenters. The van der Waals surface area contributed by atoms with E-state index in [9.17, 15) is 0 Å². The van der Waals surface area contributed by atoms with Crippen LogP contribution in [0.25, 0.3) is 0 Å². The summed E-state index contributed by atoms with van der Waals surface area (Å²) in [5, 5.41) is 0. The van der Waals surface area contributed by atoms with Gasteiger partial charge in [-0.1, -0.05) is 20.8 Å². The van der Waals surface area contributed by atoms with Gasteiger partial charge < -0.3 is 10.5 Å². The van der Waals surface area contributed by atoms with Crippen LogP contribution in [0, 0.1) is 17.3 Å². The van der Waals surface area contributed by atoms with E-state index >= 15 is 0 Å². The third-order valence-electron chi connectivity index (χ3n) is 5.91. The van der Waals surface area contributed by atoms with Crippen molar-refractivity contribution in [3.63, 3.8) is 0 Å². The maximum atomic E-state index is 6.25. The lowest BCUT2D eigenvalue weighted by Gasteiger charge is -2.53. The zero-order valence-electron chi connectivity index (χ0n) is 14.0. The highest BCUT2D eigenvalue weighted by molar-refractivity contribution is 5.01.